The maximum atomic E-state index is 3.27. The van der Waals surface area contributed by atoms with Crippen LogP contribution in [-0.2, 0) is 0 Å². The molecule has 0 radical (unpaired) electrons. The van der Waals surface area contributed by atoms with E-state index in [0.717, 1.165) is 11.8 Å². The molecule has 0 fully saturated rings. The molecule has 0 aromatic rings. The third-order valence-electron chi connectivity index (χ3n) is 2.33. The van der Waals surface area contributed by atoms with Crippen LogP contribution in [0.15, 0.2) is 0 Å². The van der Waals surface area contributed by atoms with Crippen molar-refractivity contribution >= 4 is 11.8 Å². The zero-order valence-corrected chi connectivity index (χ0v) is 9.71. The molecule has 0 bridgehead atoms. The van der Waals surface area contributed by atoms with Crippen LogP contribution in [0.5, 0.6) is 0 Å². The van der Waals surface area contributed by atoms with Gasteiger partial charge in [-0.05, 0) is 43.9 Å². The highest BCUT2D eigenvalue weighted by Crippen LogP contribution is 2.17. The topological polar surface area (TPSA) is 12.0 Å². The summed E-state index contributed by atoms with van der Waals surface area (Å²) in [5.74, 6) is 3.04. The Hall–Kier alpha value is 0.310. The Kier molecular flexibility index (Phi) is 8.14. The molecule has 2 atom stereocenters. The molecule has 2 unspecified atom stereocenters. The molecule has 0 spiro atoms. The molecule has 0 saturated heterocycles. The van der Waals surface area contributed by atoms with E-state index in [1.165, 1.54) is 25.1 Å². The number of thioether (sulfide) groups is 1. The van der Waals surface area contributed by atoms with Crippen LogP contribution in [-0.4, -0.2) is 25.6 Å². The van der Waals surface area contributed by atoms with Crippen LogP contribution in [0, 0.1) is 11.8 Å². The summed E-state index contributed by atoms with van der Waals surface area (Å²) in [6, 6.07) is 0. The van der Waals surface area contributed by atoms with E-state index in [9.17, 15) is 0 Å². The van der Waals surface area contributed by atoms with Crippen molar-refractivity contribution in [3.63, 3.8) is 0 Å². The molecule has 0 rings (SSSR count). The average Bonchev–Trinajstić information content (AvgIpc) is 2.05. The first-order chi connectivity index (χ1) is 5.74. The summed E-state index contributed by atoms with van der Waals surface area (Å²) in [4.78, 5) is 0. The van der Waals surface area contributed by atoms with E-state index in [1.54, 1.807) is 0 Å². The number of rotatable bonds is 7. The van der Waals surface area contributed by atoms with Gasteiger partial charge in [0.1, 0.15) is 0 Å². The molecule has 1 N–H and O–H groups in total. The van der Waals surface area contributed by atoms with E-state index in [-0.39, 0.29) is 0 Å². The lowest BCUT2D eigenvalue weighted by atomic mass is 9.95. The Balaban J connectivity index is 3.61. The molecular weight excluding hydrogens is 166 g/mol. The summed E-state index contributed by atoms with van der Waals surface area (Å²) in [7, 11) is 2.05. The minimum absolute atomic E-state index is 0.861. The van der Waals surface area contributed by atoms with E-state index < -0.39 is 0 Å². The highest BCUT2D eigenvalue weighted by atomic mass is 32.2. The van der Waals surface area contributed by atoms with Crippen molar-refractivity contribution < 1.29 is 0 Å². The highest BCUT2D eigenvalue weighted by Gasteiger charge is 2.10. The van der Waals surface area contributed by atoms with Crippen LogP contribution in [0.4, 0.5) is 0 Å². The molecule has 0 aromatic heterocycles. The van der Waals surface area contributed by atoms with Crippen LogP contribution in [0.2, 0.25) is 0 Å². The molecule has 74 valence electrons. The van der Waals surface area contributed by atoms with Gasteiger partial charge in [-0.25, -0.2) is 0 Å². The summed E-state index contributed by atoms with van der Waals surface area (Å²) in [6.45, 7) is 5.80. The van der Waals surface area contributed by atoms with E-state index in [4.69, 9.17) is 0 Å². The smallest absolute Gasteiger partial charge is 0.00155 e. The largest absolute Gasteiger partial charge is 0.319 e. The highest BCUT2D eigenvalue weighted by molar-refractivity contribution is 7.98. The maximum absolute atomic E-state index is 3.27. The fourth-order valence-corrected chi connectivity index (χ4v) is 2.20. The van der Waals surface area contributed by atoms with Gasteiger partial charge in [-0.3, -0.25) is 0 Å². The molecule has 12 heavy (non-hydrogen) atoms. The molecular formula is C10H23NS. The second-order valence-corrected chi connectivity index (χ2v) is 4.54. The second kappa shape index (κ2) is 7.93. The first-order valence-corrected chi connectivity index (χ1v) is 6.27. The molecule has 0 amide bonds. The minimum Gasteiger partial charge on any atom is -0.319 e. The summed E-state index contributed by atoms with van der Waals surface area (Å²) < 4.78 is 0. The second-order valence-electron chi connectivity index (χ2n) is 3.63. The molecule has 0 aliphatic heterocycles. The first kappa shape index (κ1) is 12.3. The minimum atomic E-state index is 0.861. The quantitative estimate of drug-likeness (QED) is 0.661. The fourth-order valence-electron chi connectivity index (χ4n) is 1.47. The lowest BCUT2D eigenvalue weighted by molar-refractivity contribution is 0.401. The molecule has 0 aromatic carbocycles. The molecule has 0 saturated carbocycles. The Morgan fingerprint density at radius 2 is 2.08 bits per heavy atom. The molecule has 0 aliphatic carbocycles. The van der Waals surface area contributed by atoms with Crippen LogP contribution in [0.1, 0.15) is 26.7 Å². The van der Waals surface area contributed by atoms with Gasteiger partial charge in [-0.1, -0.05) is 20.3 Å². The van der Waals surface area contributed by atoms with Crippen LogP contribution in [0.25, 0.3) is 0 Å². The average molecular weight is 189 g/mol. The third kappa shape index (κ3) is 5.90. The Morgan fingerprint density at radius 3 is 2.50 bits per heavy atom. The normalized spacial score (nSPS) is 16.0. The van der Waals surface area contributed by atoms with Crippen LogP contribution >= 0.6 is 11.8 Å². The van der Waals surface area contributed by atoms with Crippen molar-refractivity contribution in [3.8, 4) is 0 Å². The summed E-state index contributed by atoms with van der Waals surface area (Å²) in [6.07, 6.45) is 4.88. The molecule has 1 nitrogen and oxygen atoms in total. The van der Waals surface area contributed by atoms with Crippen molar-refractivity contribution in [1.29, 1.82) is 0 Å². The van der Waals surface area contributed by atoms with Crippen molar-refractivity contribution in [1.82, 2.24) is 5.32 Å². The van der Waals surface area contributed by atoms with Gasteiger partial charge in [0.15, 0.2) is 0 Å². The van der Waals surface area contributed by atoms with Crippen LogP contribution in [0.3, 0.4) is 0 Å². The molecule has 2 heteroatoms. The van der Waals surface area contributed by atoms with E-state index in [2.05, 4.69) is 25.4 Å². The van der Waals surface area contributed by atoms with Crippen LogP contribution < -0.4 is 5.32 Å². The van der Waals surface area contributed by atoms with Gasteiger partial charge in [0.2, 0.25) is 0 Å². The Bertz CT molecular complexity index is 89.8. The predicted octanol–water partition coefficient (Wildman–Crippen LogP) is 2.62. The monoisotopic (exact) mass is 189 g/mol. The third-order valence-corrected chi connectivity index (χ3v) is 3.13. The van der Waals surface area contributed by atoms with Gasteiger partial charge in [0.25, 0.3) is 0 Å². The van der Waals surface area contributed by atoms with Gasteiger partial charge < -0.3 is 5.32 Å². The lowest BCUT2D eigenvalue weighted by Gasteiger charge is -2.18. The summed E-state index contributed by atoms with van der Waals surface area (Å²) in [5, 5.41) is 3.27. The zero-order valence-electron chi connectivity index (χ0n) is 8.89. The van der Waals surface area contributed by atoms with Crippen molar-refractivity contribution in [2.75, 3.05) is 25.6 Å². The first-order valence-electron chi connectivity index (χ1n) is 4.88. The summed E-state index contributed by atoms with van der Waals surface area (Å²) >= 11 is 1.96. The molecule has 0 aliphatic rings. The van der Waals surface area contributed by atoms with Crippen molar-refractivity contribution in [2.24, 2.45) is 11.8 Å². The zero-order chi connectivity index (χ0) is 9.40. The van der Waals surface area contributed by atoms with E-state index in [0.29, 0.717) is 0 Å². The maximum Gasteiger partial charge on any atom is -0.00155 e. The number of hydrogen-bond acceptors (Lipinski definition) is 2. The van der Waals surface area contributed by atoms with Crippen molar-refractivity contribution in [3.05, 3.63) is 0 Å². The van der Waals surface area contributed by atoms with Crippen molar-refractivity contribution in [2.45, 2.75) is 26.7 Å². The lowest BCUT2D eigenvalue weighted by Crippen LogP contribution is -2.22. The SMILES string of the molecule is CCC(C)CC(CNC)CSC. The standard InChI is InChI=1S/C10H23NS/c1-5-9(2)6-10(7-11-3)8-12-4/h9-11H,5-8H2,1-4H3. The Morgan fingerprint density at radius 1 is 1.42 bits per heavy atom. The summed E-state index contributed by atoms with van der Waals surface area (Å²) in [5.41, 5.74) is 0. The van der Waals surface area contributed by atoms with E-state index in [1.807, 2.05) is 18.8 Å². The van der Waals surface area contributed by atoms with Gasteiger partial charge >= 0.3 is 0 Å². The van der Waals surface area contributed by atoms with Gasteiger partial charge in [0.05, 0.1) is 0 Å². The van der Waals surface area contributed by atoms with Gasteiger partial charge in [-0.15, -0.1) is 0 Å². The van der Waals surface area contributed by atoms with Gasteiger partial charge in [-0.2, -0.15) is 11.8 Å². The predicted molar refractivity (Wildman–Crippen MR) is 59.9 cm³/mol. The number of nitrogens with one attached hydrogen (secondary N) is 1. The van der Waals surface area contributed by atoms with Gasteiger partial charge in [0, 0.05) is 0 Å². The fraction of sp³-hybridized carbons (Fsp3) is 1.00. The molecule has 0 heterocycles. The van der Waals surface area contributed by atoms with E-state index >= 15 is 0 Å². The Labute approximate surface area is 81.7 Å². The number of hydrogen-bond donors (Lipinski definition) is 1.